The number of carbonyl (C=O) groups excluding carboxylic acids is 2. The molecule has 15 nitrogen and oxygen atoms in total. The van der Waals surface area contributed by atoms with Crippen molar-refractivity contribution in [1.29, 1.82) is 0 Å². The second kappa shape index (κ2) is 36.6. The Balaban J connectivity index is 0.000000230. The van der Waals surface area contributed by atoms with Gasteiger partial charge in [0.15, 0.2) is 5.78 Å². The van der Waals surface area contributed by atoms with Crippen LogP contribution in [0.4, 0.5) is 0 Å². The topological polar surface area (TPSA) is 308 Å². The van der Waals surface area contributed by atoms with Gasteiger partial charge in [-0.05, 0) is 199 Å². The van der Waals surface area contributed by atoms with Crippen LogP contribution in [0.2, 0.25) is 0 Å². The van der Waals surface area contributed by atoms with Crippen molar-refractivity contribution < 1.29 is 299 Å². The van der Waals surface area contributed by atoms with Gasteiger partial charge in [-0.3, -0.25) is 19.7 Å². The number of rotatable bonds is 4. The predicted molar refractivity (Wildman–Crippen MR) is 360 cm³/mol. The molecule has 0 spiro atoms. The van der Waals surface area contributed by atoms with Gasteiger partial charge in [-0.15, -0.1) is 5.41 Å². The first-order chi connectivity index (χ1) is 42.7. The van der Waals surface area contributed by atoms with E-state index in [1.54, 1.807) is 0 Å². The summed E-state index contributed by atoms with van der Waals surface area (Å²) in [5, 5.41) is 61.1. The van der Waals surface area contributed by atoms with E-state index in [0.29, 0.717) is 82.4 Å². The summed E-state index contributed by atoms with van der Waals surface area (Å²) in [6, 6.07) is -0.333. The molecule has 0 aromatic rings. The Labute approximate surface area is 787 Å². The van der Waals surface area contributed by atoms with Gasteiger partial charge in [-0.2, -0.15) is 16.2 Å². The van der Waals surface area contributed by atoms with Crippen molar-refractivity contribution in [3.8, 4) is 0 Å². The molecule has 1 unspecified atom stereocenters. The second-order valence-electron chi connectivity index (χ2n) is 36.3. The van der Waals surface area contributed by atoms with Crippen LogP contribution in [-0.4, -0.2) is 114 Å². The number of aliphatic hydroxyl groups excluding tert-OH is 5. The van der Waals surface area contributed by atoms with E-state index in [0.717, 1.165) is 171 Å². The normalized spacial score (nSPS) is 50.5. The summed E-state index contributed by atoms with van der Waals surface area (Å²) in [4.78, 5) is 36.2. The van der Waals surface area contributed by atoms with E-state index in [1.165, 1.54) is 82.6 Å². The van der Waals surface area contributed by atoms with Crippen molar-refractivity contribution in [3.05, 3.63) is 49.5 Å². The zero-order valence-electron chi connectivity index (χ0n) is 62.6. The minimum atomic E-state index is -0.333. The molecule has 16 rings (SSSR count). The SMILES string of the molecule is [CH2-][C@]12CC[C@@H](O)CC1=CC[C@H]1[C@@H]3CC[C@H](OC)[C@@]3(C)CC[C@@H]12.[CH2-][C@]12CC[C@@H](O)C[C@@H]1CC[C@@H]1[C@@H]2CC[C@]2(C)C(=O)CC[C@@H]12.[CH2-][C@]12CC[C@@H](O)C[C@@H]1CC[C@@H]1[C@@H]2CC[C@]2(C)C(C(=O)CO)CC[C@@H]12.[CH2-][C@]12CC[C@@H](O)C[C@@H]1CC[C@@H]1[C@@H]2CC[C@]2(C)[C@@H]([N+](=O)[O-])CC[C@@H]12.[OH-].[OH-].[OH-].[OH-].[Rb+].[Rb+].[Rb+].[Rb+]. The zero-order valence-corrected chi connectivity index (χ0v) is 82.2. The summed E-state index contributed by atoms with van der Waals surface area (Å²) in [7, 11) is 1.90. The van der Waals surface area contributed by atoms with E-state index < -0.39 is 0 Å². The number of fused-ring (bicyclic) bond motifs is 20. The molecule has 0 heterocycles. The molecule has 0 aromatic carbocycles. The molecule has 0 aliphatic heterocycles. The Bertz CT molecular complexity index is 2710. The number of nitrogens with zero attached hydrogens (tertiary/aromatic N) is 1. The Hall–Kier alpha value is 5.30. The monoisotopic (exact) mass is 1650 g/mol. The number of Topliss-reactive ketones (excluding diaryl/α,β-unsaturated/α-hetero) is 2. The average Bonchev–Trinajstić information content (AvgIpc) is 1.38. The Kier molecular flexibility index (Phi) is 35.1. The van der Waals surface area contributed by atoms with Gasteiger partial charge < -0.3 is 79.9 Å². The fraction of sp³-hybridized carbons (Fsp3) is 0.899. The Morgan fingerprint density at radius 1 is 0.500 bits per heavy atom. The van der Waals surface area contributed by atoms with Crippen LogP contribution in [-0.2, 0) is 14.3 Å². The summed E-state index contributed by atoms with van der Waals surface area (Å²) in [5.74, 6) is 10.6. The fourth-order valence-corrected chi connectivity index (χ4v) is 28.5. The van der Waals surface area contributed by atoms with Gasteiger partial charge in [0.25, 0.3) is 0 Å². The second-order valence-corrected chi connectivity index (χ2v) is 36.3. The van der Waals surface area contributed by atoms with Crippen LogP contribution in [0.15, 0.2) is 11.6 Å². The Morgan fingerprint density at radius 2 is 0.929 bits per heavy atom. The molecular weight excluding hydrogens is 1530 g/mol. The maximum absolute atomic E-state index is 12.4. The largest absolute Gasteiger partial charge is 1.00 e. The van der Waals surface area contributed by atoms with E-state index >= 15 is 0 Å². The molecular formula is C79H127NO14Rb4-4. The van der Waals surface area contributed by atoms with Gasteiger partial charge in [0.05, 0.1) is 30.5 Å². The van der Waals surface area contributed by atoms with Gasteiger partial charge in [0.1, 0.15) is 12.4 Å². The quantitative estimate of drug-likeness (QED) is 0.117. The number of ether oxygens (including phenoxy) is 1. The van der Waals surface area contributed by atoms with Crippen molar-refractivity contribution in [3.63, 3.8) is 0 Å². The third-order valence-corrected chi connectivity index (χ3v) is 33.5. The predicted octanol–water partition coefficient (Wildman–Crippen LogP) is 2.45. The minimum Gasteiger partial charge on any atom is -0.870 e. The molecule has 0 saturated heterocycles. The number of methoxy groups -OCH3 is 1. The maximum atomic E-state index is 12.4. The van der Waals surface area contributed by atoms with Crippen LogP contribution in [0.3, 0.4) is 0 Å². The van der Waals surface area contributed by atoms with Gasteiger partial charge >= 0.3 is 233 Å². The summed E-state index contributed by atoms with van der Waals surface area (Å²) in [6.45, 7) is 27.9. The molecule has 15 saturated carbocycles. The molecule has 9 N–H and O–H groups in total. The zero-order chi connectivity index (χ0) is 63.9. The number of carbonyl (C=O) groups is 2. The van der Waals surface area contributed by atoms with Gasteiger partial charge in [-0.1, -0.05) is 151 Å². The summed E-state index contributed by atoms with van der Waals surface area (Å²) >= 11 is 0. The maximum Gasteiger partial charge on any atom is 1.00 e. The minimum absolute atomic E-state index is 0. The van der Waals surface area contributed by atoms with Crippen LogP contribution in [0.5, 0.6) is 0 Å². The van der Waals surface area contributed by atoms with Crippen molar-refractivity contribution in [2.45, 2.75) is 289 Å². The summed E-state index contributed by atoms with van der Waals surface area (Å²) < 4.78 is 5.85. The van der Waals surface area contributed by atoms with Crippen LogP contribution < -0.4 is 233 Å². The molecule has 15 fully saturated rings. The number of hydrogen-bond acceptors (Lipinski definition) is 14. The first kappa shape index (κ1) is 93.9. The molecule has 0 aromatic heterocycles. The molecule has 16 aliphatic rings. The number of allylic oxidation sites excluding steroid dienone is 1. The number of ketones is 2. The fourth-order valence-electron chi connectivity index (χ4n) is 28.5. The van der Waals surface area contributed by atoms with Crippen molar-refractivity contribution in [1.82, 2.24) is 0 Å². The van der Waals surface area contributed by atoms with E-state index in [1.807, 2.05) is 7.11 Å². The third-order valence-electron chi connectivity index (χ3n) is 33.5. The van der Waals surface area contributed by atoms with Crippen LogP contribution in [0, 0.1) is 176 Å². The van der Waals surface area contributed by atoms with Gasteiger partial charge in [-0.25, -0.2) is 0 Å². The molecule has 19 heteroatoms. The average molecular weight is 1660 g/mol. The van der Waals surface area contributed by atoms with Crippen LogP contribution >= 0.6 is 0 Å². The van der Waals surface area contributed by atoms with Gasteiger partial charge in [0, 0.05) is 41.6 Å². The van der Waals surface area contributed by atoms with Crippen molar-refractivity contribution in [2.24, 2.45) is 138 Å². The molecule has 0 radical (unpaired) electrons. The number of aliphatic hydroxyl groups is 5. The van der Waals surface area contributed by atoms with Crippen LogP contribution in [0.1, 0.15) is 252 Å². The first-order valence-electron chi connectivity index (χ1n) is 37.9. The standard InChI is InChI=1S/C21H33O3.C20H31O2.C19H30NO3.C19H29O2.4H2O.4Rb/c1-20-9-7-14(23)11-13(20)3-4-15-16-5-6-18(19(24)12-22)21(16,2)10-8-17(15)20;1-19-10-8-14(21)12-13(19)4-5-15-16-6-7-18(22-3)20(16,2)11-9-17(15)19;1-18-9-7-13(21)11-12(18)3-4-14-15-5-6-17(20(22)23)19(15,2)10-8-16(14)18;1-18-9-7-13(20)11-12(18)3-4-14-15-5-6-17(21)19(15,2)10-8-16(14)18;;;;;;;;/h13-18,22-23H,1,3-12H2,2H3;4,14-18,21H,1,5-12H2,2-3H3;12-17,21H,1,3-11H2,2H3;12-16,20H,1,3-11H2,2H3;4*1H2;;;;/q4*-1;;;;;4*+1/p-4/t13-,14+,15-,16-,17-,18?,20-,21-;14-,15+,16+,17+,18+,19+,20+;12-,13+,14-,15-,16-,17-,18-,19-;12-,13+,14-,15-,16-,18-,19-;;;;;;;;/m0100......../s1. The van der Waals surface area contributed by atoms with Crippen molar-refractivity contribution >= 4 is 11.6 Å². The van der Waals surface area contributed by atoms with Gasteiger partial charge in [0.2, 0.25) is 6.04 Å². The first-order valence-corrected chi connectivity index (χ1v) is 37.9. The molecule has 98 heavy (non-hydrogen) atoms. The summed E-state index contributed by atoms with van der Waals surface area (Å²) in [6.07, 6.45) is 40.3. The smallest absolute Gasteiger partial charge is 0.870 e. The van der Waals surface area contributed by atoms with E-state index in [-0.39, 0.29) is 346 Å². The van der Waals surface area contributed by atoms with E-state index in [2.05, 4.69) is 33.8 Å². The van der Waals surface area contributed by atoms with E-state index in [4.69, 9.17) is 32.4 Å². The molecule has 30 atom stereocenters. The number of nitro groups is 1. The molecule has 0 bridgehead atoms. The Morgan fingerprint density at radius 3 is 1.43 bits per heavy atom. The molecule has 0 amide bonds. The molecule has 16 aliphatic carbocycles. The van der Waals surface area contributed by atoms with Crippen LogP contribution in [0.25, 0.3) is 0 Å². The third kappa shape index (κ3) is 16.4. The summed E-state index contributed by atoms with van der Waals surface area (Å²) in [5.41, 5.74) is 2.42. The van der Waals surface area contributed by atoms with Crippen molar-refractivity contribution in [2.75, 3.05) is 13.7 Å². The van der Waals surface area contributed by atoms with E-state index in [9.17, 15) is 45.2 Å². The number of hydrogen-bond donors (Lipinski definition) is 5. The molecule has 540 valence electrons.